The van der Waals surface area contributed by atoms with Crippen molar-refractivity contribution >= 4 is 46.1 Å². The fourth-order valence-corrected chi connectivity index (χ4v) is 8.60. The van der Waals surface area contributed by atoms with E-state index in [1.54, 1.807) is 37.3 Å². The van der Waals surface area contributed by atoms with Gasteiger partial charge in [-0.3, -0.25) is 24.1 Å². The Morgan fingerprint density at radius 3 is 2.22 bits per heavy atom. The fourth-order valence-electron chi connectivity index (χ4n) is 8.60. The number of ketones is 2. The lowest BCUT2D eigenvalue weighted by Crippen LogP contribution is -2.54. The number of allylic oxidation sites excluding steroid dienone is 4. The van der Waals surface area contributed by atoms with E-state index in [2.05, 4.69) is 10.2 Å². The van der Waals surface area contributed by atoms with Gasteiger partial charge in [-0.2, -0.15) is 10.2 Å². The number of benzene rings is 3. The molecular formula is C40H40N4O6. The SMILES string of the molecule is CC1=CC(=O)[C@@H]2C[C@@H]3C(=CC[C@@H]4C(=O)N(c5ccc(N=Nc6ccc(N(C)C)cc6)cc5)C(=O)[C@@H]43)[C@H](c3ccccc3OCCO)[C@]2(C)C1=O. The highest BCUT2D eigenvalue weighted by Crippen LogP contribution is 2.63. The number of hydrogen-bond donors (Lipinski definition) is 1. The first-order valence-electron chi connectivity index (χ1n) is 17.0. The van der Waals surface area contributed by atoms with Crippen molar-refractivity contribution in [2.75, 3.05) is 37.1 Å². The zero-order valence-corrected chi connectivity index (χ0v) is 28.6. The molecule has 3 aromatic carbocycles. The summed E-state index contributed by atoms with van der Waals surface area (Å²) in [5.41, 5.74) is 3.68. The Bertz CT molecular complexity index is 1960. The van der Waals surface area contributed by atoms with E-state index in [-0.39, 0.29) is 43.0 Å². The number of imide groups is 1. The number of fused-ring (bicyclic) bond motifs is 4. The lowest BCUT2D eigenvalue weighted by Gasteiger charge is -2.53. The molecule has 1 heterocycles. The summed E-state index contributed by atoms with van der Waals surface area (Å²) in [6.07, 6.45) is 4.08. The number of ether oxygens (including phenoxy) is 1. The van der Waals surface area contributed by atoms with Gasteiger partial charge in [0.25, 0.3) is 0 Å². The molecular weight excluding hydrogens is 632 g/mol. The minimum absolute atomic E-state index is 0.0643. The second-order valence-electron chi connectivity index (χ2n) is 14.0. The Morgan fingerprint density at radius 1 is 0.900 bits per heavy atom. The second-order valence-corrected chi connectivity index (χ2v) is 14.0. The van der Waals surface area contributed by atoms with Crippen molar-refractivity contribution in [2.24, 2.45) is 39.3 Å². The van der Waals surface area contributed by atoms with Crippen LogP contribution in [0.5, 0.6) is 5.75 Å². The van der Waals surface area contributed by atoms with Gasteiger partial charge in [-0.05, 0) is 91.9 Å². The standard InChI is InChI=1S/C40H40N4O6/c1-23-21-33(46)32-22-31-28(36(40(32,2)37(23)47)29-7-5-6-8-34(29)50-20-19-45)17-18-30-35(31)39(49)44(38(30)48)27-15-11-25(12-16-27)42-41-24-9-13-26(14-10-24)43(3)4/h5-17,21,30-32,35-36,45H,18-20,22H2,1-4H3/t30-,31+,32-,35-,36+,40+/m0/s1. The van der Waals surface area contributed by atoms with Gasteiger partial charge in [0, 0.05) is 37.2 Å². The molecule has 6 atom stereocenters. The monoisotopic (exact) mass is 672 g/mol. The van der Waals surface area contributed by atoms with Gasteiger partial charge in [0.15, 0.2) is 11.6 Å². The lowest BCUT2D eigenvalue weighted by atomic mass is 9.47. The number of carbonyl (C=O) groups excluding carboxylic acids is 4. The number of Topliss-reactive ketones (excluding diaryl/α,β-unsaturated/α-hetero) is 1. The van der Waals surface area contributed by atoms with E-state index in [0.717, 1.165) is 16.8 Å². The summed E-state index contributed by atoms with van der Waals surface area (Å²) in [6.45, 7) is 3.41. The lowest BCUT2D eigenvalue weighted by molar-refractivity contribution is -0.141. The topological polar surface area (TPSA) is 129 Å². The minimum Gasteiger partial charge on any atom is -0.491 e. The van der Waals surface area contributed by atoms with Crippen molar-refractivity contribution < 1.29 is 29.0 Å². The molecule has 0 unspecified atom stereocenters. The summed E-state index contributed by atoms with van der Waals surface area (Å²) in [5, 5.41) is 18.2. The van der Waals surface area contributed by atoms with Crippen LogP contribution in [0.3, 0.4) is 0 Å². The van der Waals surface area contributed by atoms with Crippen molar-refractivity contribution in [3.05, 3.63) is 102 Å². The third-order valence-electron chi connectivity index (χ3n) is 11.0. The van der Waals surface area contributed by atoms with Gasteiger partial charge in [-0.15, -0.1) is 0 Å². The van der Waals surface area contributed by atoms with Crippen molar-refractivity contribution in [2.45, 2.75) is 32.6 Å². The van der Waals surface area contributed by atoms with Crippen LogP contribution in [0.1, 0.15) is 38.2 Å². The first-order chi connectivity index (χ1) is 24.0. The molecule has 10 nitrogen and oxygen atoms in total. The predicted octanol–water partition coefficient (Wildman–Crippen LogP) is 6.50. The Balaban J connectivity index is 1.21. The number of azo groups is 1. The maximum absolute atomic E-state index is 14.4. The van der Waals surface area contributed by atoms with E-state index >= 15 is 0 Å². The van der Waals surface area contributed by atoms with Crippen LogP contribution in [-0.2, 0) is 19.2 Å². The number of anilines is 2. The number of amides is 2. The molecule has 3 aliphatic carbocycles. The molecule has 3 aromatic rings. The molecule has 7 rings (SSSR count). The minimum atomic E-state index is -1.12. The largest absolute Gasteiger partial charge is 0.491 e. The van der Waals surface area contributed by atoms with Crippen LogP contribution in [-0.4, -0.2) is 55.8 Å². The van der Waals surface area contributed by atoms with Gasteiger partial charge in [-0.25, -0.2) is 0 Å². The van der Waals surface area contributed by atoms with Crippen LogP contribution in [0.2, 0.25) is 0 Å². The van der Waals surface area contributed by atoms with Gasteiger partial charge in [0.05, 0.1) is 40.9 Å². The van der Waals surface area contributed by atoms with E-state index in [4.69, 9.17) is 4.74 Å². The highest BCUT2D eigenvalue weighted by Gasteiger charge is 2.63. The second kappa shape index (κ2) is 12.9. The molecule has 1 N–H and O–H groups in total. The smallest absolute Gasteiger partial charge is 0.238 e. The number of hydrogen-bond acceptors (Lipinski definition) is 9. The number of nitrogens with zero attached hydrogens (tertiary/aromatic N) is 4. The van der Waals surface area contributed by atoms with E-state index in [1.165, 1.54) is 11.0 Å². The summed E-state index contributed by atoms with van der Waals surface area (Å²) in [7, 11) is 3.93. The van der Waals surface area contributed by atoms with E-state index in [9.17, 15) is 24.3 Å². The number of aliphatic hydroxyl groups is 1. The zero-order valence-electron chi connectivity index (χ0n) is 28.6. The van der Waals surface area contributed by atoms with Crippen LogP contribution in [0, 0.1) is 29.1 Å². The summed E-state index contributed by atoms with van der Waals surface area (Å²) in [5.74, 6) is -3.26. The molecule has 50 heavy (non-hydrogen) atoms. The third-order valence-corrected chi connectivity index (χ3v) is 11.0. The molecule has 1 saturated heterocycles. The number of carbonyl (C=O) groups is 4. The van der Waals surface area contributed by atoms with Crippen LogP contribution < -0.4 is 14.5 Å². The summed E-state index contributed by atoms with van der Waals surface area (Å²) in [4.78, 5) is 59.5. The normalized spacial score (nSPS) is 27.5. The van der Waals surface area contributed by atoms with Crippen LogP contribution in [0.15, 0.2) is 106 Å². The van der Waals surface area contributed by atoms with Crippen LogP contribution in [0.4, 0.5) is 22.7 Å². The first kappa shape index (κ1) is 33.3. The maximum atomic E-state index is 14.4. The molecule has 10 heteroatoms. The molecule has 0 spiro atoms. The Kier molecular flexibility index (Phi) is 8.59. The Morgan fingerprint density at radius 2 is 1.56 bits per heavy atom. The van der Waals surface area contributed by atoms with Crippen LogP contribution >= 0.6 is 0 Å². The Labute approximate surface area is 291 Å². The molecule has 1 aliphatic heterocycles. The highest BCUT2D eigenvalue weighted by atomic mass is 16.5. The van der Waals surface area contributed by atoms with Gasteiger partial charge in [-0.1, -0.05) is 36.8 Å². The van der Waals surface area contributed by atoms with Crippen molar-refractivity contribution in [1.82, 2.24) is 0 Å². The quantitative estimate of drug-likeness (QED) is 0.164. The van der Waals surface area contributed by atoms with Gasteiger partial charge < -0.3 is 14.7 Å². The molecule has 0 aromatic heterocycles. The van der Waals surface area contributed by atoms with E-state index in [0.29, 0.717) is 34.8 Å². The maximum Gasteiger partial charge on any atom is 0.238 e. The molecule has 256 valence electrons. The molecule has 0 radical (unpaired) electrons. The number of rotatable bonds is 8. The highest BCUT2D eigenvalue weighted by molar-refractivity contribution is 6.22. The molecule has 2 fully saturated rings. The third kappa shape index (κ3) is 5.38. The van der Waals surface area contributed by atoms with E-state index < -0.39 is 35.0 Å². The molecule has 2 amide bonds. The summed E-state index contributed by atoms with van der Waals surface area (Å²) >= 11 is 0. The number of para-hydroxylation sites is 1. The van der Waals surface area contributed by atoms with E-state index in [1.807, 2.05) is 74.5 Å². The number of aliphatic hydroxyl groups excluding tert-OH is 1. The molecule has 0 bridgehead atoms. The summed E-state index contributed by atoms with van der Waals surface area (Å²) in [6, 6.07) is 21.9. The van der Waals surface area contributed by atoms with Crippen molar-refractivity contribution in [3.8, 4) is 5.75 Å². The fraction of sp³-hybridized carbons (Fsp3) is 0.350. The molecule has 4 aliphatic rings. The van der Waals surface area contributed by atoms with Crippen LogP contribution in [0.25, 0.3) is 0 Å². The zero-order chi connectivity index (χ0) is 35.3. The summed E-state index contributed by atoms with van der Waals surface area (Å²) < 4.78 is 5.96. The Hall–Kier alpha value is -5.22. The van der Waals surface area contributed by atoms with Gasteiger partial charge in [0.2, 0.25) is 11.8 Å². The van der Waals surface area contributed by atoms with Gasteiger partial charge >= 0.3 is 0 Å². The predicted molar refractivity (Wildman–Crippen MR) is 189 cm³/mol. The van der Waals surface area contributed by atoms with Crippen molar-refractivity contribution in [3.63, 3.8) is 0 Å². The average molecular weight is 673 g/mol. The molecule has 1 saturated carbocycles. The first-order valence-corrected chi connectivity index (χ1v) is 17.0. The average Bonchev–Trinajstić information content (AvgIpc) is 3.38. The van der Waals surface area contributed by atoms with Gasteiger partial charge in [0.1, 0.15) is 12.4 Å². The van der Waals surface area contributed by atoms with Crippen molar-refractivity contribution in [1.29, 1.82) is 0 Å².